The number of rotatable bonds is 2. The molecule has 3 rings (SSSR count). The van der Waals surface area contributed by atoms with Crippen molar-refractivity contribution in [1.82, 2.24) is 0 Å². The summed E-state index contributed by atoms with van der Waals surface area (Å²) in [7, 11) is 0. The van der Waals surface area contributed by atoms with Crippen molar-refractivity contribution >= 4 is 27.5 Å². The molecule has 0 fully saturated rings. The molecule has 18 heavy (non-hydrogen) atoms. The van der Waals surface area contributed by atoms with Crippen LogP contribution in [0.25, 0.3) is 21.5 Å². The van der Waals surface area contributed by atoms with Crippen molar-refractivity contribution < 1.29 is 4.79 Å². The lowest BCUT2D eigenvalue weighted by atomic mass is 9.99. The number of primary amides is 1. The van der Waals surface area contributed by atoms with Crippen molar-refractivity contribution in [2.45, 2.75) is 6.42 Å². The van der Waals surface area contributed by atoms with Crippen LogP contribution >= 0.6 is 0 Å². The van der Waals surface area contributed by atoms with Crippen LogP contribution in [0, 0.1) is 0 Å². The van der Waals surface area contributed by atoms with Crippen LogP contribution in [-0.2, 0) is 11.2 Å². The molecular weight excluding hydrogens is 222 g/mol. The monoisotopic (exact) mass is 235 g/mol. The van der Waals surface area contributed by atoms with Crippen LogP contribution in [-0.4, -0.2) is 5.91 Å². The van der Waals surface area contributed by atoms with Gasteiger partial charge < -0.3 is 5.73 Å². The van der Waals surface area contributed by atoms with E-state index in [0.717, 1.165) is 5.56 Å². The molecule has 0 unspecified atom stereocenters. The van der Waals surface area contributed by atoms with Crippen LogP contribution in [0.5, 0.6) is 0 Å². The van der Waals surface area contributed by atoms with Gasteiger partial charge >= 0.3 is 0 Å². The van der Waals surface area contributed by atoms with Crippen molar-refractivity contribution in [3.63, 3.8) is 0 Å². The smallest absolute Gasteiger partial charge is 0.221 e. The average molecular weight is 235 g/mol. The molecule has 3 aromatic carbocycles. The van der Waals surface area contributed by atoms with E-state index in [4.69, 9.17) is 5.73 Å². The zero-order valence-electron chi connectivity index (χ0n) is 9.89. The van der Waals surface area contributed by atoms with Gasteiger partial charge in [-0.2, -0.15) is 0 Å². The predicted octanol–water partition coefficient (Wildman–Crippen LogP) is 3.02. The first-order valence-electron chi connectivity index (χ1n) is 5.93. The lowest BCUT2D eigenvalue weighted by molar-refractivity contribution is -0.117. The first-order valence-corrected chi connectivity index (χ1v) is 5.93. The second kappa shape index (κ2) is 4.15. The number of hydrogen-bond donors (Lipinski definition) is 1. The molecule has 2 heteroatoms. The fraction of sp³-hybridized carbons (Fsp3) is 0.0625. The number of benzene rings is 3. The van der Waals surface area contributed by atoms with Gasteiger partial charge in [-0.15, -0.1) is 0 Å². The topological polar surface area (TPSA) is 43.1 Å². The Bertz CT molecular complexity index is 746. The number of nitrogens with two attached hydrogens (primary N) is 1. The van der Waals surface area contributed by atoms with Crippen LogP contribution in [0.1, 0.15) is 5.56 Å². The van der Waals surface area contributed by atoms with Crippen molar-refractivity contribution in [2.75, 3.05) is 0 Å². The number of carbonyl (C=O) groups is 1. The van der Waals surface area contributed by atoms with Gasteiger partial charge in [0, 0.05) is 0 Å². The Balaban J connectivity index is 2.29. The standard InChI is InChI=1S/C16H13NO/c17-16(18)10-11-5-6-13-8-7-12-3-1-2-4-14(12)15(13)9-11/h1-9H,10H2,(H2,17,18). The van der Waals surface area contributed by atoms with Gasteiger partial charge in [-0.05, 0) is 27.1 Å². The summed E-state index contributed by atoms with van der Waals surface area (Å²) in [6.07, 6.45) is 0.291. The summed E-state index contributed by atoms with van der Waals surface area (Å²) in [5.74, 6) is -0.297. The molecule has 0 radical (unpaired) electrons. The van der Waals surface area contributed by atoms with Crippen LogP contribution in [0.3, 0.4) is 0 Å². The first-order chi connectivity index (χ1) is 8.74. The molecule has 0 aliphatic carbocycles. The highest BCUT2D eigenvalue weighted by atomic mass is 16.1. The molecule has 2 nitrogen and oxygen atoms in total. The van der Waals surface area contributed by atoms with Crippen LogP contribution in [0.2, 0.25) is 0 Å². The highest BCUT2D eigenvalue weighted by Crippen LogP contribution is 2.26. The van der Waals surface area contributed by atoms with E-state index in [1.807, 2.05) is 24.3 Å². The summed E-state index contributed by atoms with van der Waals surface area (Å²) in [6, 6.07) is 18.5. The Morgan fingerprint density at radius 1 is 0.889 bits per heavy atom. The van der Waals surface area contributed by atoms with Crippen LogP contribution in [0.15, 0.2) is 54.6 Å². The van der Waals surface area contributed by atoms with E-state index in [1.54, 1.807) is 0 Å². The van der Waals surface area contributed by atoms with E-state index in [2.05, 4.69) is 30.3 Å². The molecule has 0 saturated heterocycles. The first kappa shape index (κ1) is 10.8. The van der Waals surface area contributed by atoms with Gasteiger partial charge in [0.2, 0.25) is 5.91 Å². The summed E-state index contributed by atoms with van der Waals surface area (Å²) in [4.78, 5) is 11.0. The molecule has 3 aromatic rings. The molecule has 0 spiro atoms. The molecule has 1 amide bonds. The molecule has 88 valence electrons. The third-order valence-electron chi connectivity index (χ3n) is 3.19. The van der Waals surface area contributed by atoms with E-state index in [9.17, 15) is 4.79 Å². The van der Waals surface area contributed by atoms with Gasteiger partial charge in [0.25, 0.3) is 0 Å². The zero-order chi connectivity index (χ0) is 12.5. The third-order valence-corrected chi connectivity index (χ3v) is 3.19. The van der Waals surface area contributed by atoms with Crippen LogP contribution in [0.4, 0.5) is 0 Å². The second-order valence-corrected chi connectivity index (χ2v) is 4.49. The Morgan fingerprint density at radius 2 is 1.56 bits per heavy atom. The van der Waals surface area contributed by atoms with Crippen molar-refractivity contribution in [2.24, 2.45) is 5.73 Å². The van der Waals surface area contributed by atoms with Crippen molar-refractivity contribution in [3.8, 4) is 0 Å². The largest absolute Gasteiger partial charge is 0.369 e. The van der Waals surface area contributed by atoms with Gasteiger partial charge in [-0.25, -0.2) is 0 Å². The third kappa shape index (κ3) is 1.82. The van der Waals surface area contributed by atoms with Gasteiger partial charge in [0.05, 0.1) is 6.42 Å². The van der Waals surface area contributed by atoms with Gasteiger partial charge in [-0.1, -0.05) is 54.6 Å². The van der Waals surface area contributed by atoms with E-state index >= 15 is 0 Å². The molecule has 0 aromatic heterocycles. The molecule has 0 aliphatic rings. The predicted molar refractivity (Wildman–Crippen MR) is 74.4 cm³/mol. The van der Waals surface area contributed by atoms with Gasteiger partial charge in [-0.3, -0.25) is 4.79 Å². The van der Waals surface area contributed by atoms with E-state index < -0.39 is 0 Å². The lowest BCUT2D eigenvalue weighted by Gasteiger charge is -2.06. The quantitative estimate of drug-likeness (QED) is 0.682. The highest BCUT2D eigenvalue weighted by Gasteiger charge is 2.03. The fourth-order valence-corrected chi connectivity index (χ4v) is 2.36. The molecule has 0 bridgehead atoms. The van der Waals surface area contributed by atoms with E-state index in [0.29, 0.717) is 6.42 Å². The molecule has 0 aliphatic heterocycles. The summed E-state index contributed by atoms with van der Waals surface area (Å²) in [6.45, 7) is 0. The highest BCUT2D eigenvalue weighted by molar-refractivity contribution is 6.07. The molecule has 0 heterocycles. The number of amides is 1. The Labute approximate surface area is 105 Å². The summed E-state index contributed by atoms with van der Waals surface area (Å²) < 4.78 is 0. The molecule has 2 N–H and O–H groups in total. The Morgan fingerprint density at radius 3 is 2.33 bits per heavy atom. The normalized spacial score (nSPS) is 10.9. The molecule has 0 saturated carbocycles. The Kier molecular flexibility index (Phi) is 2.49. The lowest BCUT2D eigenvalue weighted by Crippen LogP contribution is -2.13. The average Bonchev–Trinajstić information content (AvgIpc) is 2.38. The summed E-state index contributed by atoms with van der Waals surface area (Å²) >= 11 is 0. The molecule has 0 atom stereocenters. The number of fused-ring (bicyclic) bond motifs is 3. The van der Waals surface area contributed by atoms with Crippen molar-refractivity contribution in [3.05, 3.63) is 60.2 Å². The zero-order valence-corrected chi connectivity index (χ0v) is 9.89. The minimum absolute atomic E-state index is 0.291. The van der Waals surface area contributed by atoms with Crippen LogP contribution < -0.4 is 5.73 Å². The van der Waals surface area contributed by atoms with E-state index in [-0.39, 0.29) is 5.91 Å². The number of carbonyl (C=O) groups excluding carboxylic acids is 1. The summed E-state index contributed by atoms with van der Waals surface area (Å²) in [5.41, 5.74) is 6.21. The SMILES string of the molecule is NC(=O)Cc1ccc2ccc3ccccc3c2c1. The minimum Gasteiger partial charge on any atom is -0.369 e. The maximum atomic E-state index is 11.0. The van der Waals surface area contributed by atoms with Gasteiger partial charge in [0.15, 0.2) is 0 Å². The summed E-state index contributed by atoms with van der Waals surface area (Å²) in [5, 5.41) is 4.77. The van der Waals surface area contributed by atoms with Gasteiger partial charge in [0.1, 0.15) is 0 Å². The Hall–Kier alpha value is -2.35. The maximum absolute atomic E-state index is 11.0. The maximum Gasteiger partial charge on any atom is 0.221 e. The van der Waals surface area contributed by atoms with E-state index in [1.165, 1.54) is 21.5 Å². The second-order valence-electron chi connectivity index (χ2n) is 4.49. The minimum atomic E-state index is -0.297. The number of hydrogen-bond acceptors (Lipinski definition) is 1. The van der Waals surface area contributed by atoms with Crippen molar-refractivity contribution in [1.29, 1.82) is 0 Å². The molecular formula is C16H13NO. The fourth-order valence-electron chi connectivity index (χ4n) is 2.36.